The number of rotatable bonds is 5. The Bertz CT molecular complexity index is 963. The molecule has 1 aliphatic heterocycles. The zero-order valence-electron chi connectivity index (χ0n) is 16.3. The average Bonchev–Trinajstić information content (AvgIpc) is 3.04. The van der Waals surface area contributed by atoms with E-state index in [1.807, 2.05) is 6.07 Å². The molecule has 3 aromatic rings. The molecule has 1 aliphatic rings. The first-order chi connectivity index (χ1) is 13.4. The van der Waals surface area contributed by atoms with Gasteiger partial charge in [0.1, 0.15) is 23.0 Å². The van der Waals surface area contributed by atoms with Crippen LogP contribution in [0.25, 0.3) is 17.2 Å². The molecule has 7 nitrogen and oxygen atoms in total. The molecule has 0 saturated carbocycles. The monoisotopic (exact) mass is 383 g/mol. The van der Waals surface area contributed by atoms with Crippen molar-refractivity contribution in [3.8, 4) is 11.5 Å². The molecule has 28 heavy (non-hydrogen) atoms. The lowest BCUT2D eigenvalue weighted by Crippen LogP contribution is -2.51. The van der Waals surface area contributed by atoms with Gasteiger partial charge in [0.2, 0.25) is 0 Å². The van der Waals surface area contributed by atoms with Crippen molar-refractivity contribution in [2.24, 2.45) is 5.73 Å². The summed E-state index contributed by atoms with van der Waals surface area (Å²) >= 11 is 0. The number of nitrogens with two attached hydrogens (primary N) is 1. The minimum Gasteiger partial charge on any atom is -0.366 e. The molecule has 1 atom stereocenters. The smallest absolute Gasteiger partial charge is 0.180 e. The van der Waals surface area contributed by atoms with Crippen molar-refractivity contribution < 1.29 is 4.39 Å². The quantitative estimate of drug-likeness (QED) is 0.704. The van der Waals surface area contributed by atoms with Gasteiger partial charge in [-0.25, -0.2) is 19.3 Å². The zero-order valence-corrected chi connectivity index (χ0v) is 16.3. The van der Waals surface area contributed by atoms with Crippen molar-refractivity contribution in [1.82, 2.24) is 24.3 Å². The molecule has 3 N–H and O–H groups in total. The van der Waals surface area contributed by atoms with Crippen molar-refractivity contribution in [2.45, 2.75) is 38.3 Å². The highest BCUT2D eigenvalue weighted by molar-refractivity contribution is 5.58. The van der Waals surface area contributed by atoms with Crippen LogP contribution in [0.1, 0.15) is 26.7 Å². The van der Waals surface area contributed by atoms with Crippen LogP contribution in [0.3, 0.4) is 0 Å². The number of nitrogens with one attached hydrogen (secondary N) is 1. The van der Waals surface area contributed by atoms with Crippen LogP contribution >= 0.6 is 0 Å². The van der Waals surface area contributed by atoms with Gasteiger partial charge in [-0.05, 0) is 51.4 Å². The molecule has 0 aliphatic carbocycles. The number of likely N-dealkylation sites (tertiary alicyclic amines) is 1. The molecular formula is C20H26FN7. The number of hydrogen-bond donors (Lipinski definition) is 2. The van der Waals surface area contributed by atoms with Crippen LogP contribution in [-0.4, -0.2) is 55.5 Å². The van der Waals surface area contributed by atoms with E-state index in [-0.39, 0.29) is 11.4 Å². The zero-order chi connectivity index (χ0) is 19.7. The van der Waals surface area contributed by atoms with Gasteiger partial charge in [0.15, 0.2) is 5.82 Å². The summed E-state index contributed by atoms with van der Waals surface area (Å²) in [7, 11) is 0. The normalized spacial score (nSPS) is 18.5. The maximum atomic E-state index is 13.6. The Morgan fingerprint density at radius 1 is 1.29 bits per heavy atom. The van der Waals surface area contributed by atoms with E-state index in [1.54, 1.807) is 22.9 Å². The fraction of sp³-hybridized carbons (Fsp3) is 0.450. The van der Waals surface area contributed by atoms with Crippen LogP contribution in [-0.2, 0) is 0 Å². The number of halogens is 1. The minimum atomic E-state index is -0.328. The second-order valence-electron chi connectivity index (χ2n) is 8.19. The van der Waals surface area contributed by atoms with Crippen LogP contribution in [0.15, 0.2) is 36.8 Å². The summed E-state index contributed by atoms with van der Waals surface area (Å²) in [6.07, 6.45) is 6.99. The van der Waals surface area contributed by atoms with Gasteiger partial charge in [-0.2, -0.15) is 0 Å². The first kappa shape index (κ1) is 18.8. The number of hydrogen-bond acceptors (Lipinski definition) is 6. The van der Waals surface area contributed by atoms with Crippen LogP contribution in [0.4, 0.5) is 10.2 Å². The maximum Gasteiger partial charge on any atom is 0.180 e. The van der Waals surface area contributed by atoms with Gasteiger partial charge in [-0.3, -0.25) is 9.30 Å². The molecule has 0 spiro atoms. The van der Waals surface area contributed by atoms with E-state index in [4.69, 9.17) is 5.73 Å². The Kier molecular flexibility index (Phi) is 4.99. The van der Waals surface area contributed by atoms with E-state index in [1.165, 1.54) is 12.3 Å². The van der Waals surface area contributed by atoms with Gasteiger partial charge in [0.25, 0.3) is 0 Å². The van der Waals surface area contributed by atoms with Crippen LogP contribution in [0.2, 0.25) is 0 Å². The predicted molar refractivity (Wildman–Crippen MR) is 108 cm³/mol. The summed E-state index contributed by atoms with van der Waals surface area (Å²) < 4.78 is 15.3. The summed E-state index contributed by atoms with van der Waals surface area (Å²) in [4.78, 5) is 15.7. The van der Waals surface area contributed by atoms with E-state index in [0.29, 0.717) is 23.2 Å². The maximum absolute atomic E-state index is 13.6. The number of anilines is 1. The highest BCUT2D eigenvalue weighted by atomic mass is 19.1. The second-order valence-corrected chi connectivity index (χ2v) is 8.19. The van der Waals surface area contributed by atoms with E-state index in [9.17, 15) is 4.39 Å². The Labute approximate surface area is 163 Å². The average molecular weight is 383 g/mol. The van der Waals surface area contributed by atoms with Crippen molar-refractivity contribution in [3.63, 3.8) is 0 Å². The van der Waals surface area contributed by atoms with Crippen LogP contribution < -0.4 is 11.1 Å². The lowest BCUT2D eigenvalue weighted by atomic mass is 10.0. The summed E-state index contributed by atoms with van der Waals surface area (Å²) in [5, 5.41) is 3.52. The molecule has 8 heteroatoms. The third-order valence-corrected chi connectivity index (χ3v) is 4.84. The van der Waals surface area contributed by atoms with E-state index in [2.05, 4.69) is 39.0 Å². The molecule has 0 amide bonds. The fourth-order valence-corrected chi connectivity index (χ4v) is 3.78. The van der Waals surface area contributed by atoms with Gasteiger partial charge in [-0.15, -0.1) is 0 Å². The first-order valence-electron chi connectivity index (χ1n) is 9.61. The van der Waals surface area contributed by atoms with E-state index in [0.717, 1.165) is 38.3 Å². The van der Waals surface area contributed by atoms with Gasteiger partial charge < -0.3 is 11.1 Å². The Hall–Kier alpha value is -2.58. The van der Waals surface area contributed by atoms with E-state index < -0.39 is 0 Å². The molecular weight excluding hydrogens is 357 g/mol. The van der Waals surface area contributed by atoms with Crippen molar-refractivity contribution in [3.05, 3.63) is 42.6 Å². The predicted octanol–water partition coefficient (Wildman–Crippen LogP) is 2.54. The largest absolute Gasteiger partial charge is 0.366 e. The third kappa shape index (κ3) is 4.28. The lowest BCUT2D eigenvalue weighted by Gasteiger charge is -2.36. The third-order valence-electron chi connectivity index (χ3n) is 4.84. The molecule has 3 aromatic heterocycles. The number of aromatic nitrogens is 4. The van der Waals surface area contributed by atoms with Crippen molar-refractivity contribution in [1.29, 1.82) is 0 Å². The van der Waals surface area contributed by atoms with Crippen molar-refractivity contribution in [2.75, 3.05) is 25.0 Å². The molecule has 148 valence electrons. The number of pyridine rings is 1. The highest BCUT2D eigenvalue weighted by Gasteiger charge is 2.24. The van der Waals surface area contributed by atoms with E-state index >= 15 is 0 Å². The summed E-state index contributed by atoms with van der Waals surface area (Å²) in [6.45, 7) is 6.98. The SMILES string of the molecule is CC(C)(N)CN1CCCC(Nc2ccnc(-c3cnc4ccc(F)cn34)n2)C1. The molecule has 1 saturated heterocycles. The highest BCUT2D eigenvalue weighted by Crippen LogP contribution is 2.21. The van der Waals surface area contributed by atoms with Gasteiger partial charge in [0.05, 0.1) is 6.20 Å². The molecule has 1 unspecified atom stereocenters. The molecule has 0 aromatic carbocycles. The summed E-state index contributed by atoms with van der Waals surface area (Å²) in [5.74, 6) is 0.945. The van der Waals surface area contributed by atoms with Gasteiger partial charge in [0, 0.05) is 37.1 Å². The van der Waals surface area contributed by atoms with Crippen molar-refractivity contribution >= 4 is 11.5 Å². The Balaban J connectivity index is 1.52. The van der Waals surface area contributed by atoms with Gasteiger partial charge >= 0.3 is 0 Å². The number of piperidine rings is 1. The second kappa shape index (κ2) is 7.44. The Morgan fingerprint density at radius 3 is 2.96 bits per heavy atom. The fourth-order valence-electron chi connectivity index (χ4n) is 3.78. The minimum absolute atomic E-state index is 0.206. The Morgan fingerprint density at radius 2 is 2.14 bits per heavy atom. The van der Waals surface area contributed by atoms with Gasteiger partial charge in [-0.1, -0.05) is 0 Å². The summed E-state index contributed by atoms with van der Waals surface area (Å²) in [6, 6.07) is 5.19. The molecule has 4 heterocycles. The lowest BCUT2D eigenvalue weighted by molar-refractivity contribution is 0.182. The standard InChI is InChI=1S/C20H26FN7/c1-20(2,22)13-27-9-3-4-15(12-27)25-17-7-8-23-19(26-17)16-10-24-18-6-5-14(21)11-28(16)18/h5-8,10-11,15H,3-4,9,12-13,22H2,1-2H3,(H,23,25,26). The number of nitrogens with zero attached hydrogens (tertiary/aromatic N) is 5. The molecule has 0 radical (unpaired) electrons. The first-order valence-corrected chi connectivity index (χ1v) is 9.61. The number of fused-ring (bicyclic) bond motifs is 1. The molecule has 4 rings (SSSR count). The molecule has 0 bridgehead atoms. The summed E-state index contributed by atoms with van der Waals surface area (Å²) in [5.41, 5.74) is 7.29. The van der Waals surface area contributed by atoms with Crippen LogP contribution in [0, 0.1) is 5.82 Å². The number of imidazole rings is 1. The molecule has 1 fully saturated rings. The van der Waals surface area contributed by atoms with Crippen LogP contribution in [0.5, 0.6) is 0 Å². The topological polar surface area (TPSA) is 84.4 Å².